The van der Waals surface area contributed by atoms with Crippen LogP contribution in [0.4, 0.5) is 0 Å². The number of nitrogens with zero attached hydrogens (tertiary/aromatic N) is 1. The Bertz CT molecular complexity index is 612. The molecule has 5 N–H and O–H groups in total. The van der Waals surface area contributed by atoms with Crippen molar-refractivity contribution < 1.29 is 0 Å². The molecule has 19 heavy (non-hydrogen) atoms. The fourth-order valence-electron chi connectivity index (χ4n) is 1.64. The topological polar surface area (TPSA) is 88.2 Å². The molecule has 0 heterocycles. The zero-order valence-electron chi connectivity index (χ0n) is 10.2. The smallest absolute Gasteiger partial charge is 0.214 e. The molecule has 0 saturated heterocycles. The number of aliphatic imine (C=N–C) groups is 1. The number of nitrogens with one attached hydrogen (secondary N) is 1. The van der Waals surface area contributed by atoms with Gasteiger partial charge in [0, 0.05) is 5.75 Å². The monoisotopic (exact) mass is 294 g/mol. The normalized spacial score (nSPS) is 11.1. The molecule has 0 unspecified atom stereocenters. The van der Waals surface area contributed by atoms with E-state index in [1.54, 1.807) is 0 Å². The van der Waals surface area contributed by atoms with Crippen molar-refractivity contribution in [2.75, 3.05) is 0 Å². The minimum absolute atomic E-state index is 0. The van der Waals surface area contributed by atoms with E-state index in [2.05, 4.69) is 35.3 Å². The zero-order chi connectivity index (χ0) is 13.0. The molecule has 0 atom stereocenters. The van der Waals surface area contributed by atoms with Crippen LogP contribution in [0.15, 0.2) is 47.5 Å². The van der Waals surface area contributed by atoms with E-state index in [0.717, 1.165) is 0 Å². The van der Waals surface area contributed by atoms with Gasteiger partial charge in [0.1, 0.15) is 0 Å². The summed E-state index contributed by atoms with van der Waals surface area (Å²) < 4.78 is 0. The van der Waals surface area contributed by atoms with Crippen LogP contribution in [0.25, 0.3) is 10.8 Å². The first-order valence-electron chi connectivity index (χ1n) is 5.44. The van der Waals surface area contributed by atoms with E-state index in [0.29, 0.717) is 10.9 Å². The van der Waals surface area contributed by atoms with Crippen molar-refractivity contribution in [2.45, 2.75) is 5.75 Å². The molecule has 6 heteroatoms. The molecule has 0 aromatic heterocycles. The Balaban J connectivity index is 0.00000180. The Morgan fingerprint density at radius 1 is 1.11 bits per heavy atom. The van der Waals surface area contributed by atoms with Crippen molar-refractivity contribution in [1.82, 2.24) is 0 Å². The molecule has 0 fully saturated rings. The molecule has 0 aliphatic rings. The van der Waals surface area contributed by atoms with Crippen LogP contribution in [-0.2, 0) is 5.75 Å². The van der Waals surface area contributed by atoms with Crippen molar-refractivity contribution in [2.24, 2.45) is 16.5 Å². The lowest BCUT2D eigenvalue weighted by Crippen LogP contribution is -2.14. The molecule has 0 saturated carbocycles. The van der Waals surface area contributed by atoms with Gasteiger partial charge in [-0.05, 0) is 16.3 Å². The molecule has 0 amide bonds. The summed E-state index contributed by atoms with van der Waals surface area (Å²) in [6.45, 7) is 0. The predicted octanol–water partition coefficient (Wildman–Crippen LogP) is 2.70. The van der Waals surface area contributed by atoms with Crippen LogP contribution in [-0.4, -0.2) is 11.1 Å². The standard InChI is InChI=1S/C13H14N4S.ClH/c14-12(15)17-13(16)18-8-9-5-6-10-3-1-2-4-11(10)7-9;/h1-7H,8H2,(H5,14,15,16,17);1H. The number of rotatable bonds is 2. The molecule has 0 aliphatic carbocycles. The molecule has 4 nitrogen and oxygen atoms in total. The number of fused-ring (bicyclic) bond motifs is 1. The molecule has 2 aromatic carbocycles. The fraction of sp³-hybridized carbons (Fsp3) is 0.0769. The van der Waals surface area contributed by atoms with Crippen LogP contribution in [0.5, 0.6) is 0 Å². The average molecular weight is 295 g/mol. The highest BCUT2D eigenvalue weighted by Crippen LogP contribution is 2.19. The van der Waals surface area contributed by atoms with E-state index >= 15 is 0 Å². The summed E-state index contributed by atoms with van der Waals surface area (Å²) >= 11 is 1.37. The summed E-state index contributed by atoms with van der Waals surface area (Å²) in [5.74, 6) is 0.450. The summed E-state index contributed by atoms with van der Waals surface area (Å²) in [5.41, 5.74) is 11.9. The summed E-state index contributed by atoms with van der Waals surface area (Å²) in [4.78, 5) is 3.67. The van der Waals surface area contributed by atoms with Gasteiger partial charge in [-0.15, -0.1) is 12.4 Å². The lowest BCUT2D eigenvalue weighted by molar-refractivity contribution is 1.37. The number of guanidine groups is 1. The third-order valence-corrected chi connectivity index (χ3v) is 3.30. The maximum atomic E-state index is 7.01. The fourth-order valence-corrected chi connectivity index (χ4v) is 2.29. The van der Waals surface area contributed by atoms with Gasteiger partial charge in [-0.1, -0.05) is 54.2 Å². The largest absolute Gasteiger partial charge is 0.378 e. The van der Waals surface area contributed by atoms with Crippen LogP contribution in [0, 0.1) is 5.41 Å². The van der Waals surface area contributed by atoms with Crippen LogP contribution >= 0.6 is 24.2 Å². The molecule has 2 rings (SSSR count). The van der Waals surface area contributed by atoms with E-state index in [1.165, 1.54) is 28.1 Å². The number of thioether (sulfide) groups is 1. The van der Waals surface area contributed by atoms with E-state index < -0.39 is 0 Å². The van der Waals surface area contributed by atoms with Gasteiger partial charge in [0.05, 0.1) is 0 Å². The van der Waals surface area contributed by atoms with Gasteiger partial charge in [-0.2, -0.15) is 4.99 Å². The molecular weight excluding hydrogens is 280 g/mol. The number of benzene rings is 2. The van der Waals surface area contributed by atoms with Crippen molar-refractivity contribution in [1.29, 1.82) is 5.41 Å². The first-order valence-corrected chi connectivity index (χ1v) is 6.42. The summed E-state index contributed by atoms with van der Waals surface area (Å²) in [7, 11) is 0. The van der Waals surface area contributed by atoms with Gasteiger partial charge in [0.15, 0.2) is 5.17 Å². The molecule has 2 aromatic rings. The van der Waals surface area contributed by atoms with Crippen LogP contribution < -0.4 is 11.5 Å². The first-order chi connectivity index (χ1) is 8.65. The lowest BCUT2D eigenvalue weighted by Gasteiger charge is -2.03. The highest BCUT2D eigenvalue weighted by molar-refractivity contribution is 8.13. The number of hydrogen-bond acceptors (Lipinski definition) is 2. The second kappa shape index (κ2) is 7.01. The quantitative estimate of drug-likeness (QED) is 0.588. The van der Waals surface area contributed by atoms with Crippen LogP contribution in [0.1, 0.15) is 5.56 Å². The highest BCUT2D eigenvalue weighted by atomic mass is 35.5. The number of amidine groups is 1. The Kier molecular flexibility index (Phi) is 5.66. The first kappa shape index (κ1) is 15.3. The number of halogens is 1. The van der Waals surface area contributed by atoms with Crippen molar-refractivity contribution in [3.05, 3.63) is 48.0 Å². The maximum Gasteiger partial charge on any atom is 0.214 e. The second-order valence-corrected chi connectivity index (χ2v) is 4.80. The average Bonchev–Trinajstić information content (AvgIpc) is 2.35. The van der Waals surface area contributed by atoms with E-state index in [4.69, 9.17) is 16.9 Å². The summed E-state index contributed by atoms with van der Waals surface area (Å²) in [6.07, 6.45) is 0. The summed E-state index contributed by atoms with van der Waals surface area (Å²) in [5, 5.41) is 9.75. The number of hydrogen-bond donors (Lipinski definition) is 3. The Morgan fingerprint density at radius 2 is 1.79 bits per heavy atom. The number of nitrogens with two attached hydrogens (primary N) is 2. The Morgan fingerprint density at radius 3 is 2.47 bits per heavy atom. The molecule has 100 valence electrons. The SMILES string of the molecule is Cl.N=C(N)N=C(N)SCc1ccc2ccccc2c1. The van der Waals surface area contributed by atoms with Crippen molar-refractivity contribution in [3.63, 3.8) is 0 Å². The van der Waals surface area contributed by atoms with E-state index in [9.17, 15) is 0 Å². The molecular formula is C13H15ClN4S. The van der Waals surface area contributed by atoms with E-state index in [1.807, 2.05) is 12.1 Å². The highest BCUT2D eigenvalue weighted by Gasteiger charge is 1.99. The third-order valence-electron chi connectivity index (χ3n) is 2.43. The van der Waals surface area contributed by atoms with Gasteiger partial charge in [-0.25, -0.2) is 0 Å². The molecule has 0 bridgehead atoms. The predicted molar refractivity (Wildman–Crippen MR) is 86.0 cm³/mol. The van der Waals surface area contributed by atoms with Crippen LogP contribution in [0.2, 0.25) is 0 Å². The van der Waals surface area contributed by atoms with Gasteiger partial charge in [0.25, 0.3) is 0 Å². The Labute approximate surface area is 122 Å². The molecule has 0 spiro atoms. The van der Waals surface area contributed by atoms with E-state index in [-0.39, 0.29) is 18.4 Å². The van der Waals surface area contributed by atoms with Crippen LogP contribution in [0.3, 0.4) is 0 Å². The van der Waals surface area contributed by atoms with Gasteiger partial charge in [0.2, 0.25) is 5.96 Å². The van der Waals surface area contributed by atoms with Gasteiger partial charge >= 0.3 is 0 Å². The second-order valence-electron chi connectivity index (χ2n) is 3.81. The van der Waals surface area contributed by atoms with Gasteiger partial charge < -0.3 is 11.5 Å². The zero-order valence-corrected chi connectivity index (χ0v) is 11.8. The summed E-state index contributed by atoms with van der Waals surface area (Å²) in [6, 6.07) is 14.5. The lowest BCUT2D eigenvalue weighted by atomic mass is 10.1. The van der Waals surface area contributed by atoms with Gasteiger partial charge in [-0.3, -0.25) is 5.41 Å². The molecule has 0 radical (unpaired) electrons. The maximum absolute atomic E-state index is 7.01. The Hall–Kier alpha value is -1.72. The molecule has 0 aliphatic heterocycles. The minimum atomic E-state index is -0.265. The third kappa shape index (κ3) is 4.46. The minimum Gasteiger partial charge on any atom is -0.378 e. The van der Waals surface area contributed by atoms with Crippen molar-refractivity contribution in [3.8, 4) is 0 Å². The van der Waals surface area contributed by atoms with Crippen molar-refractivity contribution >= 4 is 46.1 Å².